The van der Waals surface area contributed by atoms with Gasteiger partial charge in [0, 0.05) is 6.42 Å². The number of imide groups is 1. The van der Waals surface area contributed by atoms with E-state index in [-0.39, 0.29) is 17.9 Å². The number of nitrogens with one attached hydrogen (secondary N) is 2. The lowest BCUT2D eigenvalue weighted by Gasteiger charge is -2.22. The van der Waals surface area contributed by atoms with E-state index < -0.39 is 17.9 Å². The molecule has 1 unspecified atom stereocenters. The Morgan fingerprint density at radius 3 is 2.79 bits per heavy atom. The van der Waals surface area contributed by atoms with E-state index in [1.807, 2.05) is 0 Å². The van der Waals surface area contributed by atoms with Gasteiger partial charge in [0.15, 0.2) is 0 Å². The number of amides is 2. The summed E-state index contributed by atoms with van der Waals surface area (Å²) in [6.07, 6.45) is 0.668. The summed E-state index contributed by atoms with van der Waals surface area (Å²) in [5.41, 5.74) is 0.485. The first kappa shape index (κ1) is 13.0. The Kier molecular flexibility index (Phi) is 3.46. The molecule has 2 rings (SSSR count). The zero-order valence-electron chi connectivity index (χ0n) is 10.3. The quantitative estimate of drug-likeness (QED) is 0.677. The van der Waals surface area contributed by atoms with E-state index in [1.54, 1.807) is 6.92 Å². The smallest absolute Gasteiger partial charge is 0.337 e. The molecule has 0 aromatic carbocycles. The predicted octanol–water partition coefficient (Wildman–Crippen LogP) is 0.305. The Balaban J connectivity index is 2.11. The predicted molar refractivity (Wildman–Crippen MR) is 65.7 cm³/mol. The summed E-state index contributed by atoms with van der Waals surface area (Å²) in [6, 6.07) is 2.40. The van der Waals surface area contributed by atoms with E-state index in [0.717, 1.165) is 0 Å². The molecule has 1 fully saturated rings. The van der Waals surface area contributed by atoms with Gasteiger partial charge in [-0.05, 0) is 25.5 Å². The summed E-state index contributed by atoms with van der Waals surface area (Å²) in [6.45, 7) is 1.58. The lowest BCUT2D eigenvalue weighted by molar-refractivity contribution is -0.133. The normalized spacial score (nSPS) is 18.9. The summed E-state index contributed by atoms with van der Waals surface area (Å²) in [4.78, 5) is 37.5. The number of carbonyl (C=O) groups excluding carboxylic acids is 2. The van der Waals surface area contributed by atoms with Crippen molar-refractivity contribution in [3.05, 3.63) is 23.4 Å². The summed E-state index contributed by atoms with van der Waals surface area (Å²) < 4.78 is 0. The number of rotatable bonds is 3. The van der Waals surface area contributed by atoms with Crippen molar-refractivity contribution < 1.29 is 19.5 Å². The summed E-state index contributed by atoms with van der Waals surface area (Å²) in [5.74, 6) is -1.30. The van der Waals surface area contributed by atoms with Crippen molar-refractivity contribution in [2.24, 2.45) is 0 Å². The average Bonchev–Trinajstić information content (AvgIpc) is 2.32. The van der Waals surface area contributed by atoms with Gasteiger partial charge < -0.3 is 10.4 Å². The third-order valence-corrected chi connectivity index (χ3v) is 2.88. The van der Waals surface area contributed by atoms with Gasteiger partial charge >= 0.3 is 5.97 Å². The molecule has 1 aliphatic rings. The third kappa shape index (κ3) is 2.87. The van der Waals surface area contributed by atoms with E-state index in [4.69, 9.17) is 5.11 Å². The third-order valence-electron chi connectivity index (χ3n) is 2.88. The van der Waals surface area contributed by atoms with Crippen LogP contribution in [0.5, 0.6) is 0 Å². The van der Waals surface area contributed by atoms with Crippen molar-refractivity contribution in [2.45, 2.75) is 25.8 Å². The molecule has 0 spiro atoms. The largest absolute Gasteiger partial charge is 0.478 e. The van der Waals surface area contributed by atoms with Crippen molar-refractivity contribution in [2.75, 3.05) is 5.32 Å². The fourth-order valence-corrected chi connectivity index (χ4v) is 1.88. The molecule has 1 aromatic heterocycles. The highest BCUT2D eigenvalue weighted by molar-refractivity contribution is 6.01. The van der Waals surface area contributed by atoms with Crippen molar-refractivity contribution in [1.82, 2.24) is 10.3 Å². The summed E-state index contributed by atoms with van der Waals surface area (Å²) in [5, 5.41) is 14.0. The molecule has 1 aromatic rings. The van der Waals surface area contributed by atoms with Crippen molar-refractivity contribution >= 4 is 23.6 Å². The van der Waals surface area contributed by atoms with Gasteiger partial charge in [-0.1, -0.05) is 0 Å². The molecule has 7 nitrogen and oxygen atoms in total. The highest BCUT2D eigenvalue weighted by Crippen LogP contribution is 2.14. The molecule has 7 heteroatoms. The molecule has 1 aliphatic heterocycles. The SMILES string of the molecule is Cc1nc(NC2CCC(=O)NC2=O)ccc1C(=O)O. The van der Waals surface area contributed by atoms with E-state index >= 15 is 0 Å². The van der Waals surface area contributed by atoms with Crippen molar-refractivity contribution in [1.29, 1.82) is 0 Å². The second-order valence-corrected chi connectivity index (χ2v) is 4.28. The van der Waals surface area contributed by atoms with Gasteiger partial charge in [-0.3, -0.25) is 14.9 Å². The molecular formula is C12H13N3O4. The topological polar surface area (TPSA) is 108 Å². The van der Waals surface area contributed by atoms with Gasteiger partial charge in [0.1, 0.15) is 11.9 Å². The summed E-state index contributed by atoms with van der Waals surface area (Å²) >= 11 is 0. The van der Waals surface area contributed by atoms with E-state index in [0.29, 0.717) is 17.9 Å². The monoisotopic (exact) mass is 263 g/mol. The van der Waals surface area contributed by atoms with Crippen LogP contribution in [-0.4, -0.2) is 33.9 Å². The standard InChI is InChI=1S/C12H13N3O4/c1-6-7(12(18)19)2-4-9(13-6)14-8-3-5-10(16)15-11(8)17/h2,4,8H,3,5H2,1H3,(H,13,14)(H,18,19)(H,15,16,17). The van der Waals surface area contributed by atoms with Crippen LogP contribution in [0.3, 0.4) is 0 Å². The van der Waals surface area contributed by atoms with Gasteiger partial charge in [-0.15, -0.1) is 0 Å². The molecule has 3 N–H and O–H groups in total. The molecule has 1 saturated heterocycles. The van der Waals surface area contributed by atoms with Crippen LogP contribution < -0.4 is 10.6 Å². The maximum absolute atomic E-state index is 11.6. The Morgan fingerprint density at radius 2 is 2.21 bits per heavy atom. The minimum atomic E-state index is -1.04. The van der Waals surface area contributed by atoms with Crippen LogP contribution in [0.25, 0.3) is 0 Å². The number of piperidine rings is 1. The van der Waals surface area contributed by atoms with Gasteiger partial charge in [0.25, 0.3) is 0 Å². The fraction of sp³-hybridized carbons (Fsp3) is 0.333. The molecule has 0 radical (unpaired) electrons. The van der Waals surface area contributed by atoms with Crippen LogP contribution in [0, 0.1) is 6.92 Å². The summed E-state index contributed by atoms with van der Waals surface area (Å²) in [7, 11) is 0. The van der Waals surface area contributed by atoms with Gasteiger partial charge in [0.05, 0.1) is 11.3 Å². The molecule has 2 amide bonds. The number of aromatic carboxylic acids is 1. The number of carboxylic acids is 1. The Bertz CT molecular complexity index is 556. The van der Waals surface area contributed by atoms with Crippen LogP contribution in [-0.2, 0) is 9.59 Å². The first-order valence-electron chi connectivity index (χ1n) is 5.78. The van der Waals surface area contributed by atoms with Crippen LogP contribution in [0.4, 0.5) is 5.82 Å². The first-order valence-corrected chi connectivity index (χ1v) is 5.78. The molecule has 0 aliphatic carbocycles. The number of aryl methyl sites for hydroxylation is 1. The number of anilines is 1. The number of nitrogens with zero attached hydrogens (tertiary/aromatic N) is 1. The lowest BCUT2D eigenvalue weighted by Crippen LogP contribution is -2.47. The molecule has 2 heterocycles. The second-order valence-electron chi connectivity index (χ2n) is 4.28. The number of hydrogen-bond donors (Lipinski definition) is 3. The zero-order valence-corrected chi connectivity index (χ0v) is 10.3. The van der Waals surface area contributed by atoms with Gasteiger partial charge in [-0.2, -0.15) is 0 Å². The highest BCUT2D eigenvalue weighted by Gasteiger charge is 2.26. The number of hydrogen-bond acceptors (Lipinski definition) is 5. The maximum Gasteiger partial charge on any atom is 0.337 e. The van der Waals surface area contributed by atoms with Crippen LogP contribution in [0.15, 0.2) is 12.1 Å². The van der Waals surface area contributed by atoms with Crippen LogP contribution in [0.1, 0.15) is 28.9 Å². The zero-order chi connectivity index (χ0) is 14.0. The molecule has 100 valence electrons. The fourth-order valence-electron chi connectivity index (χ4n) is 1.88. The lowest BCUT2D eigenvalue weighted by atomic mass is 10.1. The van der Waals surface area contributed by atoms with Crippen LogP contribution >= 0.6 is 0 Å². The van der Waals surface area contributed by atoms with E-state index in [9.17, 15) is 14.4 Å². The minimum absolute atomic E-state index is 0.119. The highest BCUT2D eigenvalue weighted by atomic mass is 16.4. The number of aromatic nitrogens is 1. The number of carboxylic acid groups (broad SMARTS) is 1. The molecule has 19 heavy (non-hydrogen) atoms. The Hall–Kier alpha value is -2.44. The first-order chi connectivity index (χ1) is 8.97. The maximum atomic E-state index is 11.6. The van der Waals surface area contributed by atoms with Crippen LogP contribution in [0.2, 0.25) is 0 Å². The van der Waals surface area contributed by atoms with Gasteiger partial charge in [0.2, 0.25) is 11.8 Å². The number of pyridine rings is 1. The van der Waals surface area contributed by atoms with E-state index in [1.165, 1.54) is 12.1 Å². The van der Waals surface area contributed by atoms with Crippen molar-refractivity contribution in [3.8, 4) is 0 Å². The second kappa shape index (κ2) is 5.05. The minimum Gasteiger partial charge on any atom is -0.478 e. The van der Waals surface area contributed by atoms with Gasteiger partial charge in [-0.25, -0.2) is 9.78 Å². The average molecular weight is 263 g/mol. The molecule has 0 bridgehead atoms. The van der Waals surface area contributed by atoms with Crippen molar-refractivity contribution in [3.63, 3.8) is 0 Å². The molecular weight excluding hydrogens is 250 g/mol. The molecule has 1 atom stereocenters. The molecule has 0 saturated carbocycles. The Labute approximate surface area is 109 Å². The van der Waals surface area contributed by atoms with E-state index in [2.05, 4.69) is 15.6 Å². The number of carbonyl (C=O) groups is 3. The Morgan fingerprint density at radius 1 is 1.47 bits per heavy atom.